The Morgan fingerprint density at radius 1 is 1.25 bits per heavy atom. The van der Waals surface area contributed by atoms with Crippen molar-refractivity contribution in [3.63, 3.8) is 0 Å². The van der Waals surface area contributed by atoms with Crippen molar-refractivity contribution in [2.24, 2.45) is 0 Å². The van der Waals surface area contributed by atoms with Crippen molar-refractivity contribution in [3.05, 3.63) is 47.9 Å². The summed E-state index contributed by atoms with van der Waals surface area (Å²) in [5, 5.41) is 16.2. The number of nitriles is 1. The van der Waals surface area contributed by atoms with Gasteiger partial charge in [-0.05, 0) is 53.2 Å². The Morgan fingerprint density at radius 2 is 2.03 bits per heavy atom. The second-order valence-corrected chi connectivity index (χ2v) is 8.89. The van der Waals surface area contributed by atoms with E-state index in [1.807, 2.05) is 57.5 Å². The molecule has 0 aliphatic rings. The molecule has 0 radical (unpaired) electrons. The summed E-state index contributed by atoms with van der Waals surface area (Å²) >= 11 is 0. The van der Waals surface area contributed by atoms with Gasteiger partial charge in [-0.25, -0.2) is 9.97 Å². The van der Waals surface area contributed by atoms with Crippen molar-refractivity contribution >= 4 is 22.6 Å². The molecular formula is C24H30N6O2. The molecule has 0 atom stereocenters. The molecular weight excluding hydrogens is 404 g/mol. The summed E-state index contributed by atoms with van der Waals surface area (Å²) in [4.78, 5) is 21.7. The Hall–Kier alpha value is -3.44. The molecule has 0 bridgehead atoms. The maximum Gasteiger partial charge on any atom is 0.254 e. The number of rotatable bonds is 8. The molecule has 1 amide bonds. The molecule has 0 aromatic carbocycles. The van der Waals surface area contributed by atoms with Gasteiger partial charge in [0.1, 0.15) is 17.5 Å². The van der Waals surface area contributed by atoms with Crippen LogP contribution in [0.15, 0.2) is 36.8 Å². The van der Waals surface area contributed by atoms with E-state index in [0.717, 1.165) is 11.8 Å². The van der Waals surface area contributed by atoms with Gasteiger partial charge in [0.15, 0.2) is 0 Å². The van der Waals surface area contributed by atoms with Gasteiger partial charge in [0.25, 0.3) is 5.91 Å². The number of aromatic nitrogens is 3. The molecule has 3 rings (SSSR count). The first-order valence-corrected chi connectivity index (χ1v) is 10.7. The third-order valence-corrected chi connectivity index (χ3v) is 4.62. The highest BCUT2D eigenvalue weighted by Gasteiger charge is 2.16. The lowest BCUT2D eigenvalue weighted by Gasteiger charge is -2.19. The zero-order valence-corrected chi connectivity index (χ0v) is 19.3. The van der Waals surface area contributed by atoms with Crippen molar-refractivity contribution in [1.29, 1.82) is 5.26 Å². The Labute approximate surface area is 188 Å². The number of nitrogens with one attached hydrogen (secondary N) is 2. The minimum Gasteiger partial charge on any atom is -0.382 e. The van der Waals surface area contributed by atoms with E-state index in [1.165, 1.54) is 6.20 Å². The van der Waals surface area contributed by atoms with Gasteiger partial charge in [-0.3, -0.25) is 9.36 Å². The average Bonchev–Trinajstić information content (AvgIpc) is 3.15. The number of fused-ring (bicyclic) bond motifs is 1. The second kappa shape index (κ2) is 9.79. The second-order valence-electron chi connectivity index (χ2n) is 8.89. The van der Waals surface area contributed by atoms with Gasteiger partial charge < -0.3 is 15.4 Å². The quantitative estimate of drug-likeness (QED) is 0.518. The molecule has 0 unspecified atom stereocenters. The Kier molecular flexibility index (Phi) is 7.11. The molecule has 0 spiro atoms. The number of carbonyl (C=O) groups is 1. The van der Waals surface area contributed by atoms with E-state index < -0.39 is 0 Å². The zero-order valence-electron chi connectivity index (χ0n) is 19.3. The third-order valence-electron chi connectivity index (χ3n) is 4.62. The Bertz CT molecular complexity index is 1140. The summed E-state index contributed by atoms with van der Waals surface area (Å²) < 4.78 is 7.54. The van der Waals surface area contributed by atoms with Gasteiger partial charge in [0.2, 0.25) is 0 Å². The van der Waals surface area contributed by atoms with E-state index in [4.69, 9.17) is 10.00 Å². The fourth-order valence-corrected chi connectivity index (χ4v) is 3.21. The van der Waals surface area contributed by atoms with Crippen molar-refractivity contribution in [2.45, 2.75) is 52.7 Å². The standard InChI is InChI=1S/C24H30N6O2/c1-16(2)29-20-12-21(30-9-7-18-11-17(13-25)14-28-22(18)30)27-15-19(20)23(31)26-8-6-10-32-24(3,4)5/h7,9,11-12,14-16H,6,8,10H2,1-5H3,(H,26,31)(H,27,29). The summed E-state index contributed by atoms with van der Waals surface area (Å²) in [6.07, 6.45) is 5.70. The van der Waals surface area contributed by atoms with Crippen LogP contribution in [0.2, 0.25) is 0 Å². The largest absolute Gasteiger partial charge is 0.382 e. The molecule has 8 heteroatoms. The van der Waals surface area contributed by atoms with Crippen LogP contribution in [0, 0.1) is 11.3 Å². The number of hydrogen-bond donors (Lipinski definition) is 2. The summed E-state index contributed by atoms with van der Waals surface area (Å²) in [5.74, 6) is 0.451. The van der Waals surface area contributed by atoms with Gasteiger partial charge in [-0.2, -0.15) is 5.26 Å². The zero-order chi connectivity index (χ0) is 23.3. The van der Waals surface area contributed by atoms with Crippen molar-refractivity contribution < 1.29 is 9.53 Å². The minimum absolute atomic E-state index is 0.134. The highest BCUT2D eigenvalue weighted by Crippen LogP contribution is 2.23. The average molecular weight is 435 g/mol. The topological polar surface area (TPSA) is 105 Å². The van der Waals surface area contributed by atoms with Crippen molar-refractivity contribution in [1.82, 2.24) is 19.9 Å². The summed E-state index contributed by atoms with van der Waals surface area (Å²) in [7, 11) is 0. The molecule has 8 nitrogen and oxygen atoms in total. The van der Waals surface area contributed by atoms with Crippen LogP contribution in [-0.4, -0.2) is 45.2 Å². The van der Waals surface area contributed by atoms with Crippen LogP contribution < -0.4 is 10.6 Å². The van der Waals surface area contributed by atoms with Crippen LogP contribution in [0.5, 0.6) is 0 Å². The minimum atomic E-state index is -0.189. The number of pyridine rings is 2. The molecule has 0 aliphatic carbocycles. The molecule has 0 saturated heterocycles. The molecule has 3 aromatic rings. The normalized spacial score (nSPS) is 11.5. The van der Waals surface area contributed by atoms with E-state index >= 15 is 0 Å². The smallest absolute Gasteiger partial charge is 0.254 e. The van der Waals surface area contributed by atoms with E-state index in [2.05, 4.69) is 26.7 Å². The van der Waals surface area contributed by atoms with Gasteiger partial charge in [0.05, 0.1) is 22.4 Å². The first kappa shape index (κ1) is 23.2. The number of amides is 1. The van der Waals surface area contributed by atoms with Crippen LogP contribution >= 0.6 is 0 Å². The first-order valence-electron chi connectivity index (χ1n) is 10.7. The lowest BCUT2D eigenvalue weighted by Crippen LogP contribution is -2.28. The van der Waals surface area contributed by atoms with Crippen LogP contribution in [0.3, 0.4) is 0 Å². The Morgan fingerprint density at radius 3 is 2.72 bits per heavy atom. The van der Waals surface area contributed by atoms with Crippen LogP contribution in [0.1, 0.15) is 57.0 Å². The SMILES string of the molecule is CC(C)Nc1cc(-n2ccc3cc(C#N)cnc32)ncc1C(=O)NCCCOC(C)(C)C. The molecule has 3 aromatic heterocycles. The van der Waals surface area contributed by atoms with Crippen LogP contribution in [0.25, 0.3) is 16.9 Å². The molecule has 0 saturated carbocycles. The number of anilines is 1. The summed E-state index contributed by atoms with van der Waals surface area (Å²) in [5.41, 5.74) is 2.19. The van der Waals surface area contributed by atoms with Gasteiger partial charge in [-0.15, -0.1) is 0 Å². The van der Waals surface area contributed by atoms with Crippen LogP contribution in [-0.2, 0) is 4.74 Å². The summed E-state index contributed by atoms with van der Waals surface area (Å²) in [6, 6.07) is 7.76. The van der Waals surface area contributed by atoms with E-state index in [1.54, 1.807) is 12.3 Å². The lowest BCUT2D eigenvalue weighted by atomic mass is 10.2. The van der Waals surface area contributed by atoms with E-state index in [9.17, 15) is 4.79 Å². The maximum atomic E-state index is 12.8. The Balaban J connectivity index is 1.80. The number of nitrogens with zero attached hydrogens (tertiary/aromatic N) is 4. The van der Waals surface area contributed by atoms with Crippen LogP contribution in [0.4, 0.5) is 5.69 Å². The molecule has 168 valence electrons. The first-order chi connectivity index (χ1) is 15.2. The predicted molar refractivity (Wildman–Crippen MR) is 125 cm³/mol. The molecule has 3 heterocycles. The molecule has 0 fully saturated rings. The maximum absolute atomic E-state index is 12.8. The third kappa shape index (κ3) is 5.83. The monoisotopic (exact) mass is 434 g/mol. The number of hydrogen-bond acceptors (Lipinski definition) is 6. The van der Waals surface area contributed by atoms with Crippen molar-refractivity contribution in [3.8, 4) is 11.9 Å². The highest BCUT2D eigenvalue weighted by molar-refractivity contribution is 5.99. The molecule has 0 aliphatic heterocycles. The van der Waals surface area contributed by atoms with Gasteiger partial charge >= 0.3 is 0 Å². The van der Waals surface area contributed by atoms with Gasteiger partial charge in [0, 0.05) is 49.2 Å². The number of carbonyl (C=O) groups excluding carboxylic acids is 1. The molecule has 2 N–H and O–H groups in total. The van der Waals surface area contributed by atoms with E-state index in [-0.39, 0.29) is 17.6 Å². The van der Waals surface area contributed by atoms with Gasteiger partial charge in [-0.1, -0.05) is 0 Å². The highest BCUT2D eigenvalue weighted by atomic mass is 16.5. The summed E-state index contributed by atoms with van der Waals surface area (Å²) in [6.45, 7) is 11.2. The lowest BCUT2D eigenvalue weighted by molar-refractivity contribution is -0.00363. The van der Waals surface area contributed by atoms with E-state index in [0.29, 0.717) is 41.4 Å². The van der Waals surface area contributed by atoms with Crippen molar-refractivity contribution in [2.75, 3.05) is 18.5 Å². The number of ether oxygens (including phenoxy) is 1. The fraction of sp³-hybridized carbons (Fsp3) is 0.417. The predicted octanol–water partition coefficient (Wildman–Crippen LogP) is 4.05. The molecule has 32 heavy (non-hydrogen) atoms. The fourth-order valence-electron chi connectivity index (χ4n) is 3.21.